The maximum Gasteiger partial charge on any atom is 0.218 e. The van der Waals surface area contributed by atoms with Crippen LogP contribution in [0.2, 0.25) is 0 Å². The molecule has 6 heteroatoms. The first kappa shape index (κ1) is 17.1. The van der Waals surface area contributed by atoms with Gasteiger partial charge in [0, 0.05) is 10.9 Å². The first-order valence-electron chi connectivity index (χ1n) is 9.24. The Kier molecular flexibility index (Phi) is 4.02. The van der Waals surface area contributed by atoms with Gasteiger partial charge in [-0.3, -0.25) is 0 Å². The molecule has 0 aliphatic heterocycles. The quantitative estimate of drug-likeness (QED) is 0.365. The number of nitrogens with one attached hydrogen (secondary N) is 1. The van der Waals surface area contributed by atoms with Crippen LogP contribution in [0.1, 0.15) is 5.56 Å². The summed E-state index contributed by atoms with van der Waals surface area (Å²) in [5.41, 5.74) is 5.35. The topological polar surface area (TPSA) is 86.5 Å². The van der Waals surface area contributed by atoms with E-state index in [1.165, 1.54) is 0 Å². The fourth-order valence-electron chi connectivity index (χ4n) is 3.33. The van der Waals surface area contributed by atoms with Crippen molar-refractivity contribution in [2.75, 3.05) is 0 Å². The average Bonchev–Trinajstić information content (AvgIpc) is 3.06. The summed E-state index contributed by atoms with van der Waals surface area (Å²) in [4.78, 5) is 12.4. The largest absolute Gasteiger partial charge is 0.493 e. The normalized spacial score (nSPS) is 11.6. The van der Waals surface area contributed by atoms with Gasteiger partial charge in [-0.1, -0.05) is 54.6 Å². The van der Waals surface area contributed by atoms with Crippen molar-refractivity contribution >= 4 is 33.4 Å². The van der Waals surface area contributed by atoms with E-state index in [-0.39, 0.29) is 5.88 Å². The molecule has 0 bridgehead atoms. The molecule has 0 unspecified atom stereocenters. The molecule has 0 saturated heterocycles. The number of nitrogens with zero attached hydrogens (tertiary/aromatic N) is 4. The maximum absolute atomic E-state index is 10.3. The third-order valence-corrected chi connectivity index (χ3v) is 4.75. The molecule has 6 nitrogen and oxygen atoms in total. The van der Waals surface area contributed by atoms with Crippen LogP contribution in [0.15, 0.2) is 83.0 Å². The van der Waals surface area contributed by atoms with E-state index >= 15 is 0 Å². The zero-order valence-electron chi connectivity index (χ0n) is 15.7. The predicted molar refractivity (Wildman–Crippen MR) is 114 cm³/mol. The average molecular weight is 379 g/mol. The molecule has 0 amide bonds. The lowest BCUT2D eigenvalue weighted by molar-refractivity contribution is 0.459. The van der Waals surface area contributed by atoms with Crippen LogP contribution >= 0.6 is 0 Å². The summed E-state index contributed by atoms with van der Waals surface area (Å²) in [5, 5.41) is 19.8. The Labute approximate surface area is 166 Å². The summed E-state index contributed by atoms with van der Waals surface area (Å²) < 4.78 is 0. The SMILES string of the molecule is Cc1ccc2c(N=Nc3nc4ccccc4nc3-c3ccccc3)c(O)[nH]c2c1. The highest BCUT2D eigenvalue weighted by atomic mass is 16.3. The Morgan fingerprint density at radius 1 is 0.828 bits per heavy atom. The minimum atomic E-state index is -0.0237. The van der Waals surface area contributed by atoms with E-state index in [1.807, 2.05) is 79.7 Å². The van der Waals surface area contributed by atoms with Crippen LogP contribution in [0.4, 0.5) is 11.5 Å². The summed E-state index contributed by atoms with van der Waals surface area (Å²) in [6, 6.07) is 23.3. The molecule has 0 aliphatic rings. The highest BCUT2D eigenvalue weighted by Gasteiger charge is 2.13. The number of aromatic nitrogens is 3. The van der Waals surface area contributed by atoms with Crippen molar-refractivity contribution < 1.29 is 5.11 Å². The lowest BCUT2D eigenvalue weighted by Crippen LogP contribution is -1.90. The molecule has 140 valence electrons. The number of fused-ring (bicyclic) bond motifs is 2. The van der Waals surface area contributed by atoms with E-state index in [0.717, 1.165) is 33.1 Å². The summed E-state index contributed by atoms with van der Waals surface area (Å²) in [7, 11) is 0. The van der Waals surface area contributed by atoms with Gasteiger partial charge in [0.05, 0.1) is 16.6 Å². The summed E-state index contributed by atoms with van der Waals surface area (Å²) in [6.07, 6.45) is 0. The predicted octanol–water partition coefficient (Wildman–Crippen LogP) is 6.21. The second kappa shape index (κ2) is 6.83. The van der Waals surface area contributed by atoms with Gasteiger partial charge in [0.1, 0.15) is 5.69 Å². The van der Waals surface area contributed by atoms with Crippen LogP contribution in [-0.2, 0) is 0 Å². The third kappa shape index (κ3) is 3.10. The van der Waals surface area contributed by atoms with E-state index in [1.54, 1.807) is 0 Å². The van der Waals surface area contributed by atoms with Crippen molar-refractivity contribution in [3.63, 3.8) is 0 Å². The fourth-order valence-corrected chi connectivity index (χ4v) is 3.33. The zero-order chi connectivity index (χ0) is 19.8. The Morgan fingerprint density at radius 3 is 2.34 bits per heavy atom. The molecular formula is C23H17N5O. The van der Waals surface area contributed by atoms with Gasteiger partial charge in [-0.2, -0.15) is 0 Å². The van der Waals surface area contributed by atoms with E-state index in [4.69, 9.17) is 4.98 Å². The molecule has 5 rings (SSSR count). The number of aromatic amines is 1. The first-order chi connectivity index (χ1) is 14.2. The first-order valence-corrected chi connectivity index (χ1v) is 9.24. The van der Waals surface area contributed by atoms with Crippen molar-refractivity contribution in [2.24, 2.45) is 10.2 Å². The standard InChI is InChI=1S/C23H17N5O/c1-14-11-12-16-19(13-14)26-23(29)21(16)27-28-22-20(15-7-3-2-4-8-15)24-17-9-5-6-10-18(17)25-22/h2-13,26,29H,1H3. The number of aryl methyl sites for hydroxylation is 1. The number of H-pyrrole nitrogens is 1. The minimum absolute atomic E-state index is 0.0237. The smallest absolute Gasteiger partial charge is 0.218 e. The van der Waals surface area contributed by atoms with E-state index < -0.39 is 0 Å². The molecule has 2 aromatic heterocycles. The van der Waals surface area contributed by atoms with Gasteiger partial charge in [-0.25, -0.2) is 9.97 Å². The molecule has 0 radical (unpaired) electrons. The number of aromatic hydroxyl groups is 1. The molecule has 0 atom stereocenters. The Balaban J connectivity index is 1.68. The molecule has 0 spiro atoms. The van der Waals surface area contributed by atoms with Crippen LogP contribution in [-0.4, -0.2) is 20.1 Å². The van der Waals surface area contributed by atoms with E-state index in [9.17, 15) is 5.11 Å². The van der Waals surface area contributed by atoms with Gasteiger partial charge >= 0.3 is 0 Å². The van der Waals surface area contributed by atoms with Crippen molar-refractivity contribution in [1.82, 2.24) is 15.0 Å². The monoisotopic (exact) mass is 379 g/mol. The molecule has 0 aliphatic carbocycles. The fraction of sp³-hybridized carbons (Fsp3) is 0.0435. The van der Waals surface area contributed by atoms with Crippen molar-refractivity contribution in [3.8, 4) is 17.1 Å². The number of hydrogen-bond acceptors (Lipinski definition) is 5. The van der Waals surface area contributed by atoms with Gasteiger partial charge < -0.3 is 10.1 Å². The number of rotatable bonds is 3. The lowest BCUT2D eigenvalue weighted by Gasteiger charge is -2.06. The Morgan fingerprint density at radius 2 is 1.55 bits per heavy atom. The number of azo groups is 1. The van der Waals surface area contributed by atoms with Gasteiger partial charge in [0.25, 0.3) is 0 Å². The third-order valence-electron chi connectivity index (χ3n) is 4.75. The molecule has 29 heavy (non-hydrogen) atoms. The van der Waals surface area contributed by atoms with Crippen molar-refractivity contribution in [1.29, 1.82) is 0 Å². The van der Waals surface area contributed by atoms with Gasteiger partial charge in [0.15, 0.2) is 5.69 Å². The number of benzene rings is 3. The van der Waals surface area contributed by atoms with E-state index in [0.29, 0.717) is 17.2 Å². The van der Waals surface area contributed by atoms with Crippen molar-refractivity contribution in [2.45, 2.75) is 6.92 Å². The second-order valence-electron chi connectivity index (χ2n) is 6.82. The zero-order valence-corrected chi connectivity index (χ0v) is 15.7. The maximum atomic E-state index is 10.3. The highest BCUT2D eigenvalue weighted by Crippen LogP contribution is 2.37. The molecule has 0 fully saturated rings. The van der Waals surface area contributed by atoms with Crippen molar-refractivity contribution in [3.05, 3.63) is 78.4 Å². The summed E-state index contributed by atoms with van der Waals surface area (Å²) >= 11 is 0. The summed E-state index contributed by atoms with van der Waals surface area (Å²) in [6.45, 7) is 2.00. The molecule has 5 aromatic rings. The molecule has 3 aromatic carbocycles. The lowest BCUT2D eigenvalue weighted by atomic mass is 10.1. The molecular weight excluding hydrogens is 362 g/mol. The Hall–Kier alpha value is -4.06. The van der Waals surface area contributed by atoms with Crippen LogP contribution in [0, 0.1) is 6.92 Å². The van der Waals surface area contributed by atoms with Crippen LogP contribution in [0.5, 0.6) is 5.88 Å². The van der Waals surface area contributed by atoms with Gasteiger partial charge in [-0.15, -0.1) is 10.2 Å². The minimum Gasteiger partial charge on any atom is -0.493 e. The van der Waals surface area contributed by atoms with Gasteiger partial charge in [0.2, 0.25) is 11.7 Å². The van der Waals surface area contributed by atoms with Crippen LogP contribution in [0.3, 0.4) is 0 Å². The molecule has 2 heterocycles. The summed E-state index contributed by atoms with van der Waals surface area (Å²) in [5.74, 6) is 0.375. The molecule has 2 N–H and O–H groups in total. The highest BCUT2D eigenvalue weighted by molar-refractivity contribution is 5.94. The second-order valence-corrected chi connectivity index (χ2v) is 6.82. The molecule has 0 saturated carbocycles. The Bertz CT molecular complexity index is 1370. The van der Waals surface area contributed by atoms with Gasteiger partial charge in [-0.05, 0) is 30.7 Å². The van der Waals surface area contributed by atoms with E-state index in [2.05, 4.69) is 20.2 Å². The van der Waals surface area contributed by atoms with Crippen LogP contribution in [0.25, 0.3) is 33.2 Å². The van der Waals surface area contributed by atoms with Crippen LogP contribution < -0.4 is 0 Å². The number of hydrogen-bond donors (Lipinski definition) is 2. The number of para-hydroxylation sites is 2.